The van der Waals surface area contributed by atoms with Crippen molar-refractivity contribution < 1.29 is 32.5 Å². The van der Waals surface area contributed by atoms with Crippen molar-refractivity contribution in [1.82, 2.24) is 4.98 Å². The van der Waals surface area contributed by atoms with Crippen LogP contribution in [0, 0.1) is 3.70 Å². The summed E-state index contributed by atoms with van der Waals surface area (Å²) < 4.78 is 44.7. The standard InChI is InChI=1S/C9H7F3INO4/c1-17-5-3-6(18-9(10,11)12)8(13)14-4(5)2-7(15)16/h3H,2H2,1H3,(H,15,16). The van der Waals surface area contributed by atoms with Crippen LogP contribution in [0.3, 0.4) is 0 Å². The van der Waals surface area contributed by atoms with Gasteiger partial charge < -0.3 is 14.6 Å². The number of alkyl halides is 3. The first-order valence-electron chi connectivity index (χ1n) is 4.44. The minimum Gasteiger partial charge on any atom is -0.495 e. The van der Waals surface area contributed by atoms with E-state index in [9.17, 15) is 18.0 Å². The van der Waals surface area contributed by atoms with Gasteiger partial charge in [-0.25, -0.2) is 4.98 Å². The van der Waals surface area contributed by atoms with Crippen LogP contribution in [0.1, 0.15) is 5.69 Å². The minimum atomic E-state index is -4.85. The third kappa shape index (κ3) is 4.20. The molecule has 0 unspecified atom stereocenters. The van der Waals surface area contributed by atoms with Crippen LogP contribution in [0.15, 0.2) is 6.07 Å². The Hall–Kier alpha value is -1.26. The van der Waals surface area contributed by atoms with Crippen LogP contribution in [-0.2, 0) is 11.2 Å². The molecular formula is C9H7F3INO4. The first-order chi connectivity index (χ1) is 8.23. The number of hydrogen-bond donors (Lipinski definition) is 1. The molecule has 18 heavy (non-hydrogen) atoms. The van der Waals surface area contributed by atoms with Gasteiger partial charge in [0.2, 0.25) is 0 Å². The van der Waals surface area contributed by atoms with E-state index in [0.717, 1.165) is 6.07 Å². The summed E-state index contributed by atoms with van der Waals surface area (Å²) in [5, 5.41) is 8.62. The lowest BCUT2D eigenvalue weighted by Crippen LogP contribution is -2.18. The molecule has 0 radical (unpaired) electrons. The fourth-order valence-electron chi connectivity index (χ4n) is 1.13. The van der Waals surface area contributed by atoms with Crippen LogP contribution in [0.25, 0.3) is 0 Å². The van der Waals surface area contributed by atoms with E-state index in [1.54, 1.807) is 0 Å². The van der Waals surface area contributed by atoms with E-state index in [4.69, 9.17) is 9.84 Å². The summed E-state index contributed by atoms with van der Waals surface area (Å²) in [4.78, 5) is 14.3. The van der Waals surface area contributed by atoms with Crippen LogP contribution in [0.4, 0.5) is 13.2 Å². The zero-order chi connectivity index (χ0) is 13.9. The highest BCUT2D eigenvalue weighted by molar-refractivity contribution is 14.1. The van der Waals surface area contributed by atoms with Crippen LogP contribution < -0.4 is 9.47 Å². The molecule has 0 amide bonds. The smallest absolute Gasteiger partial charge is 0.495 e. The molecule has 0 saturated heterocycles. The summed E-state index contributed by atoms with van der Waals surface area (Å²) >= 11 is 1.52. The maximum absolute atomic E-state index is 12.1. The van der Waals surface area contributed by atoms with Crippen molar-refractivity contribution in [3.8, 4) is 11.5 Å². The minimum absolute atomic E-state index is 0.0314. The summed E-state index contributed by atoms with van der Waals surface area (Å²) in [5.74, 6) is -1.77. The summed E-state index contributed by atoms with van der Waals surface area (Å²) in [6, 6.07) is 0.959. The number of ether oxygens (including phenoxy) is 2. The summed E-state index contributed by atoms with van der Waals surface area (Å²) in [6.45, 7) is 0. The number of aliphatic carboxylic acids is 1. The number of carboxylic acids is 1. The molecule has 1 N–H and O–H groups in total. The van der Waals surface area contributed by atoms with E-state index in [1.165, 1.54) is 29.7 Å². The highest BCUT2D eigenvalue weighted by atomic mass is 127. The molecule has 1 aromatic heterocycles. The Labute approximate surface area is 113 Å². The van der Waals surface area contributed by atoms with Gasteiger partial charge in [0, 0.05) is 6.07 Å². The van der Waals surface area contributed by atoms with Gasteiger partial charge in [0.15, 0.2) is 5.75 Å². The third-order valence-electron chi connectivity index (χ3n) is 1.75. The second kappa shape index (κ2) is 5.59. The maximum Gasteiger partial charge on any atom is 0.573 e. The monoisotopic (exact) mass is 377 g/mol. The highest BCUT2D eigenvalue weighted by Crippen LogP contribution is 2.31. The predicted octanol–water partition coefficient (Wildman–Crippen LogP) is 2.22. The second-order valence-corrected chi connectivity index (χ2v) is 4.07. The number of halogens is 4. The van der Waals surface area contributed by atoms with Crippen molar-refractivity contribution in [2.75, 3.05) is 7.11 Å². The van der Waals surface area contributed by atoms with Crippen LogP contribution in [-0.4, -0.2) is 29.5 Å². The second-order valence-electron chi connectivity index (χ2n) is 3.04. The lowest BCUT2D eigenvalue weighted by atomic mass is 10.2. The van der Waals surface area contributed by atoms with Gasteiger partial charge in [-0.2, -0.15) is 0 Å². The normalized spacial score (nSPS) is 11.2. The molecule has 5 nitrogen and oxygen atoms in total. The molecule has 0 aliphatic heterocycles. The van der Waals surface area contributed by atoms with E-state index in [-0.39, 0.29) is 15.1 Å². The van der Waals surface area contributed by atoms with Crippen molar-refractivity contribution >= 4 is 28.6 Å². The molecule has 0 saturated carbocycles. The lowest BCUT2D eigenvalue weighted by Gasteiger charge is -2.13. The SMILES string of the molecule is COc1cc(OC(F)(F)F)c(I)nc1CC(=O)O. The molecule has 0 aliphatic rings. The van der Waals surface area contributed by atoms with Gasteiger partial charge in [-0.1, -0.05) is 0 Å². The van der Waals surface area contributed by atoms with Crippen LogP contribution in [0.2, 0.25) is 0 Å². The van der Waals surface area contributed by atoms with Gasteiger partial charge in [-0.3, -0.25) is 4.79 Å². The number of carbonyl (C=O) groups is 1. The van der Waals surface area contributed by atoms with Gasteiger partial charge in [0.05, 0.1) is 19.2 Å². The largest absolute Gasteiger partial charge is 0.573 e. The van der Waals surface area contributed by atoms with Crippen LogP contribution in [0.5, 0.6) is 11.5 Å². The average Bonchev–Trinajstić information content (AvgIpc) is 2.19. The summed E-state index contributed by atoms with van der Waals surface area (Å²) in [6.07, 6.45) is -5.30. The van der Waals surface area contributed by atoms with Crippen molar-refractivity contribution in [3.05, 3.63) is 15.5 Å². The van der Waals surface area contributed by atoms with Crippen molar-refractivity contribution in [3.63, 3.8) is 0 Å². The van der Waals surface area contributed by atoms with Gasteiger partial charge in [-0.05, 0) is 22.6 Å². The van der Waals surface area contributed by atoms with E-state index in [1.807, 2.05) is 0 Å². The fourth-order valence-corrected chi connectivity index (χ4v) is 1.69. The Morgan fingerprint density at radius 1 is 1.50 bits per heavy atom. The number of rotatable bonds is 4. The molecule has 0 bridgehead atoms. The predicted molar refractivity (Wildman–Crippen MR) is 61.5 cm³/mol. The Bertz CT molecular complexity index is 464. The molecule has 100 valence electrons. The number of aromatic nitrogens is 1. The molecule has 1 rings (SSSR count). The first-order valence-corrected chi connectivity index (χ1v) is 5.51. The molecule has 1 aromatic rings. The topological polar surface area (TPSA) is 68.7 Å². The zero-order valence-electron chi connectivity index (χ0n) is 8.92. The van der Waals surface area contributed by atoms with E-state index < -0.39 is 24.5 Å². The third-order valence-corrected chi connectivity index (χ3v) is 2.52. The van der Waals surface area contributed by atoms with Crippen molar-refractivity contribution in [2.24, 2.45) is 0 Å². The Kier molecular flexibility index (Phi) is 4.59. The number of hydrogen-bond acceptors (Lipinski definition) is 4. The Morgan fingerprint density at radius 2 is 2.11 bits per heavy atom. The lowest BCUT2D eigenvalue weighted by molar-refractivity contribution is -0.275. The first kappa shape index (κ1) is 14.8. The van der Waals surface area contributed by atoms with E-state index in [2.05, 4.69) is 9.72 Å². The van der Waals surface area contributed by atoms with Gasteiger partial charge in [0.1, 0.15) is 9.45 Å². The molecule has 9 heteroatoms. The van der Waals surface area contributed by atoms with Gasteiger partial charge in [0.25, 0.3) is 0 Å². The molecule has 0 aliphatic carbocycles. The molecule has 0 atom stereocenters. The zero-order valence-corrected chi connectivity index (χ0v) is 11.1. The molecule has 0 spiro atoms. The number of pyridine rings is 1. The van der Waals surface area contributed by atoms with Crippen molar-refractivity contribution in [1.29, 1.82) is 0 Å². The Morgan fingerprint density at radius 3 is 2.56 bits per heavy atom. The van der Waals surface area contributed by atoms with Crippen LogP contribution >= 0.6 is 22.6 Å². The summed E-state index contributed by atoms with van der Waals surface area (Å²) in [5.41, 5.74) is 0.0314. The fraction of sp³-hybridized carbons (Fsp3) is 0.333. The van der Waals surface area contributed by atoms with Gasteiger partial charge >= 0.3 is 12.3 Å². The molecule has 0 fully saturated rings. The van der Waals surface area contributed by atoms with E-state index in [0.29, 0.717) is 0 Å². The van der Waals surface area contributed by atoms with Gasteiger partial charge in [-0.15, -0.1) is 13.2 Å². The Balaban J connectivity index is 3.13. The number of methoxy groups -OCH3 is 1. The highest BCUT2D eigenvalue weighted by Gasteiger charge is 2.33. The molecule has 1 heterocycles. The van der Waals surface area contributed by atoms with E-state index >= 15 is 0 Å². The summed E-state index contributed by atoms with van der Waals surface area (Å²) in [7, 11) is 1.20. The molecule has 0 aromatic carbocycles. The average molecular weight is 377 g/mol. The molecular weight excluding hydrogens is 370 g/mol. The maximum atomic E-state index is 12.1. The van der Waals surface area contributed by atoms with Crippen molar-refractivity contribution in [2.45, 2.75) is 12.8 Å². The number of nitrogens with zero attached hydrogens (tertiary/aromatic N) is 1. The number of carboxylic acid groups (broad SMARTS) is 1. The quantitative estimate of drug-likeness (QED) is 0.644.